The van der Waals surface area contributed by atoms with Crippen molar-refractivity contribution in [3.8, 4) is 11.5 Å². The lowest BCUT2D eigenvalue weighted by Crippen LogP contribution is -2.17. The van der Waals surface area contributed by atoms with Crippen molar-refractivity contribution in [1.29, 1.82) is 0 Å². The molecule has 0 bridgehead atoms. The SMILES string of the molecule is CC(N)Cc1ccc(Oc2ccccc2C(C)(C)C)cc1. The zero-order valence-corrected chi connectivity index (χ0v) is 13.4. The first-order valence-corrected chi connectivity index (χ1v) is 7.48. The van der Waals surface area contributed by atoms with E-state index < -0.39 is 0 Å². The normalized spacial score (nSPS) is 13.0. The molecule has 2 aromatic rings. The molecule has 112 valence electrons. The molecule has 0 aliphatic rings. The van der Waals surface area contributed by atoms with Crippen LogP contribution in [0.25, 0.3) is 0 Å². The van der Waals surface area contributed by atoms with E-state index in [-0.39, 0.29) is 11.5 Å². The molecule has 0 amide bonds. The molecule has 0 spiro atoms. The molecule has 21 heavy (non-hydrogen) atoms. The minimum atomic E-state index is 0.0610. The lowest BCUT2D eigenvalue weighted by molar-refractivity contribution is 0.455. The minimum Gasteiger partial charge on any atom is -0.457 e. The van der Waals surface area contributed by atoms with E-state index in [9.17, 15) is 0 Å². The fourth-order valence-electron chi connectivity index (χ4n) is 2.37. The smallest absolute Gasteiger partial charge is 0.131 e. The Bertz CT molecular complexity index is 579. The van der Waals surface area contributed by atoms with Crippen LogP contribution in [-0.4, -0.2) is 6.04 Å². The Morgan fingerprint density at radius 1 is 1.00 bits per heavy atom. The highest BCUT2D eigenvalue weighted by atomic mass is 16.5. The number of benzene rings is 2. The highest BCUT2D eigenvalue weighted by molar-refractivity contribution is 5.42. The van der Waals surface area contributed by atoms with Crippen LogP contribution in [0.3, 0.4) is 0 Å². The molecule has 0 saturated heterocycles. The van der Waals surface area contributed by atoms with Crippen molar-refractivity contribution in [3.63, 3.8) is 0 Å². The van der Waals surface area contributed by atoms with Crippen molar-refractivity contribution in [2.24, 2.45) is 5.73 Å². The summed E-state index contributed by atoms with van der Waals surface area (Å²) in [5.74, 6) is 1.78. The summed E-state index contributed by atoms with van der Waals surface area (Å²) in [5, 5.41) is 0. The van der Waals surface area contributed by atoms with Gasteiger partial charge in [0.05, 0.1) is 0 Å². The second-order valence-electron chi connectivity index (χ2n) is 6.67. The van der Waals surface area contributed by atoms with Gasteiger partial charge in [-0.25, -0.2) is 0 Å². The third kappa shape index (κ3) is 4.33. The molecule has 0 aliphatic heterocycles. The van der Waals surface area contributed by atoms with Gasteiger partial charge in [0, 0.05) is 11.6 Å². The van der Waals surface area contributed by atoms with Crippen molar-refractivity contribution in [3.05, 3.63) is 59.7 Å². The Kier molecular flexibility index (Phi) is 4.69. The van der Waals surface area contributed by atoms with Crippen molar-refractivity contribution in [2.45, 2.75) is 45.6 Å². The summed E-state index contributed by atoms with van der Waals surface area (Å²) < 4.78 is 6.06. The van der Waals surface area contributed by atoms with Gasteiger partial charge < -0.3 is 10.5 Å². The fourth-order valence-corrected chi connectivity index (χ4v) is 2.37. The average Bonchev–Trinajstić information content (AvgIpc) is 2.40. The van der Waals surface area contributed by atoms with E-state index in [1.807, 2.05) is 31.2 Å². The minimum absolute atomic E-state index is 0.0610. The molecule has 1 unspecified atom stereocenters. The molecule has 0 aromatic heterocycles. The van der Waals surface area contributed by atoms with E-state index in [0.29, 0.717) is 0 Å². The maximum atomic E-state index is 6.06. The van der Waals surface area contributed by atoms with Gasteiger partial charge in [-0.05, 0) is 42.5 Å². The van der Waals surface area contributed by atoms with Gasteiger partial charge >= 0.3 is 0 Å². The summed E-state index contributed by atoms with van der Waals surface area (Å²) in [5.41, 5.74) is 8.33. The molecule has 0 aliphatic carbocycles. The summed E-state index contributed by atoms with van der Waals surface area (Å²) in [6, 6.07) is 16.6. The molecule has 2 nitrogen and oxygen atoms in total. The number of hydrogen-bond acceptors (Lipinski definition) is 2. The van der Waals surface area contributed by atoms with Gasteiger partial charge in [-0.15, -0.1) is 0 Å². The van der Waals surface area contributed by atoms with Gasteiger partial charge in [-0.3, -0.25) is 0 Å². The van der Waals surface area contributed by atoms with Crippen LogP contribution < -0.4 is 10.5 Å². The number of ether oxygens (including phenoxy) is 1. The third-order valence-electron chi connectivity index (χ3n) is 3.40. The highest BCUT2D eigenvalue weighted by Crippen LogP contribution is 2.33. The highest BCUT2D eigenvalue weighted by Gasteiger charge is 2.18. The van der Waals surface area contributed by atoms with Gasteiger partial charge in [0.2, 0.25) is 0 Å². The van der Waals surface area contributed by atoms with Gasteiger partial charge in [-0.2, -0.15) is 0 Å². The number of rotatable bonds is 4. The topological polar surface area (TPSA) is 35.2 Å². The molecular weight excluding hydrogens is 258 g/mol. The van der Waals surface area contributed by atoms with Crippen LogP contribution in [0.4, 0.5) is 0 Å². The molecule has 0 heterocycles. The largest absolute Gasteiger partial charge is 0.457 e. The monoisotopic (exact) mass is 283 g/mol. The molecule has 2 heteroatoms. The Hall–Kier alpha value is -1.80. The van der Waals surface area contributed by atoms with Crippen LogP contribution in [0.15, 0.2) is 48.5 Å². The lowest BCUT2D eigenvalue weighted by Gasteiger charge is -2.22. The molecule has 2 aromatic carbocycles. The van der Waals surface area contributed by atoms with Crippen LogP contribution in [0.5, 0.6) is 11.5 Å². The van der Waals surface area contributed by atoms with Crippen LogP contribution in [0.2, 0.25) is 0 Å². The van der Waals surface area contributed by atoms with E-state index in [1.54, 1.807) is 0 Å². The van der Waals surface area contributed by atoms with E-state index >= 15 is 0 Å². The summed E-state index contributed by atoms with van der Waals surface area (Å²) >= 11 is 0. The van der Waals surface area contributed by atoms with E-state index in [0.717, 1.165) is 17.9 Å². The zero-order chi connectivity index (χ0) is 15.5. The summed E-state index contributed by atoms with van der Waals surface area (Å²) in [6.45, 7) is 8.60. The molecule has 1 atom stereocenters. The first-order chi connectivity index (χ1) is 9.86. The first kappa shape index (κ1) is 15.6. The summed E-state index contributed by atoms with van der Waals surface area (Å²) in [6.07, 6.45) is 0.888. The van der Waals surface area contributed by atoms with Crippen LogP contribution >= 0.6 is 0 Å². The summed E-state index contributed by atoms with van der Waals surface area (Å²) in [7, 11) is 0. The number of hydrogen-bond donors (Lipinski definition) is 1. The Balaban J connectivity index is 2.19. The van der Waals surface area contributed by atoms with E-state index in [4.69, 9.17) is 10.5 Å². The summed E-state index contributed by atoms with van der Waals surface area (Å²) in [4.78, 5) is 0. The maximum absolute atomic E-state index is 6.06. The predicted molar refractivity (Wildman–Crippen MR) is 89.0 cm³/mol. The second kappa shape index (κ2) is 6.31. The van der Waals surface area contributed by atoms with Gasteiger partial charge in [0.25, 0.3) is 0 Å². The quantitative estimate of drug-likeness (QED) is 0.885. The molecule has 2 N–H and O–H groups in total. The van der Waals surface area contributed by atoms with Gasteiger partial charge in [-0.1, -0.05) is 51.1 Å². The average molecular weight is 283 g/mol. The zero-order valence-electron chi connectivity index (χ0n) is 13.4. The van der Waals surface area contributed by atoms with Crippen LogP contribution in [-0.2, 0) is 11.8 Å². The molecular formula is C19H25NO. The van der Waals surface area contributed by atoms with Crippen molar-refractivity contribution in [1.82, 2.24) is 0 Å². The number of nitrogens with two attached hydrogens (primary N) is 1. The van der Waals surface area contributed by atoms with Crippen molar-refractivity contribution >= 4 is 0 Å². The van der Waals surface area contributed by atoms with Crippen LogP contribution in [0, 0.1) is 0 Å². The molecule has 0 fully saturated rings. The number of para-hydroxylation sites is 1. The third-order valence-corrected chi connectivity index (χ3v) is 3.40. The molecule has 0 radical (unpaired) electrons. The Morgan fingerprint density at radius 3 is 2.19 bits per heavy atom. The standard InChI is InChI=1S/C19H25NO/c1-14(20)13-15-9-11-16(12-10-15)21-18-8-6-5-7-17(18)19(2,3)4/h5-12,14H,13,20H2,1-4H3. The second-order valence-corrected chi connectivity index (χ2v) is 6.67. The predicted octanol–water partition coefficient (Wildman–Crippen LogP) is 4.67. The van der Waals surface area contributed by atoms with Crippen molar-refractivity contribution in [2.75, 3.05) is 0 Å². The lowest BCUT2D eigenvalue weighted by atomic mass is 9.86. The molecule has 2 rings (SSSR count). The first-order valence-electron chi connectivity index (χ1n) is 7.48. The van der Waals surface area contributed by atoms with Gasteiger partial charge in [0.15, 0.2) is 0 Å². The van der Waals surface area contributed by atoms with E-state index in [1.165, 1.54) is 11.1 Å². The van der Waals surface area contributed by atoms with Gasteiger partial charge in [0.1, 0.15) is 11.5 Å². The van der Waals surface area contributed by atoms with Crippen LogP contribution in [0.1, 0.15) is 38.8 Å². The maximum Gasteiger partial charge on any atom is 0.131 e. The fraction of sp³-hybridized carbons (Fsp3) is 0.368. The molecule has 0 saturated carbocycles. The Morgan fingerprint density at radius 2 is 1.62 bits per heavy atom. The van der Waals surface area contributed by atoms with Crippen molar-refractivity contribution < 1.29 is 4.74 Å². The Labute approximate surface area is 127 Å². The van der Waals surface area contributed by atoms with E-state index in [2.05, 4.69) is 45.0 Å².